The molecule has 0 aromatic heterocycles. The van der Waals surface area contributed by atoms with Crippen LogP contribution in [0, 0.1) is 17.2 Å². The Labute approximate surface area is 62.0 Å². The minimum Gasteiger partial charge on any atom is -0.313 e. The average molecular weight is 138 g/mol. The van der Waals surface area contributed by atoms with Crippen molar-refractivity contribution in [2.45, 2.75) is 38.1 Å². The summed E-state index contributed by atoms with van der Waals surface area (Å²) >= 11 is 0. The minimum atomic E-state index is -0.494. The monoisotopic (exact) mass is 138 g/mol. The molecule has 10 heavy (non-hydrogen) atoms. The van der Waals surface area contributed by atoms with Crippen LogP contribution in [0.1, 0.15) is 32.6 Å². The molecular formula is C8H14N2. The summed E-state index contributed by atoms with van der Waals surface area (Å²) in [7, 11) is 0. The van der Waals surface area contributed by atoms with Crippen LogP contribution in [0.25, 0.3) is 0 Å². The lowest BCUT2D eigenvalue weighted by Crippen LogP contribution is -2.41. The fourth-order valence-corrected chi connectivity index (χ4v) is 1.39. The molecule has 0 radical (unpaired) electrons. The van der Waals surface area contributed by atoms with Gasteiger partial charge in [0.25, 0.3) is 0 Å². The first kappa shape index (κ1) is 7.56. The Bertz CT molecular complexity index is 149. The standard InChI is InChI=1S/C8H14N2/c1-7-2-4-8(10,6-9)5-3-7/h7H,2-5,10H2,1H3/t7-,8-. The van der Waals surface area contributed by atoms with E-state index in [9.17, 15) is 0 Å². The summed E-state index contributed by atoms with van der Waals surface area (Å²) in [6.07, 6.45) is 3.99. The smallest absolute Gasteiger partial charge is 0.104 e. The summed E-state index contributed by atoms with van der Waals surface area (Å²) in [5, 5.41) is 8.66. The molecule has 1 aliphatic carbocycles. The van der Waals surface area contributed by atoms with Gasteiger partial charge in [0.1, 0.15) is 5.54 Å². The molecule has 0 atom stereocenters. The van der Waals surface area contributed by atoms with E-state index in [1.807, 2.05) is 0 Å². The number of nitriles is 1. The molecule has 1 fully saturated rings. The third kappa shape index (κ3) is 1.48. The van der Waals surface area contributed by atoms with Crippen LogP contribution in [0.15, 0.2) is 0 Å². The van der Waals surface area contributed by atoms with E-state index in [1.54, 1.807) is 0 Å². The predicted molar refractivity (Wildman–Crippen MR) is 40.2 cm³/mol. The number of hydrogen-bond acceptors (Lipinski definition) is 2. The van der Waals surface area contributed by atoms with E-state index in [-0.39, 0.29) is 0 Å². The van der Waals surface area contributed by atoms with Crippen molar-refractivity contribution in [2.24, 2.45) is 11.7 Å². The Kier molecular flexibility index (Phi) is 1.96. The summed E-state index contributed by atoms with van der Waals surface area (Å²) in [5.74, 6) is 0.769. The molecule has 0 heterocycles. The molecule has 2 heteroatoms. The minimum absolute atomic E-state index is 0.494. The summed E-state index contributed by atoms with van der Waals surface area (Å²) < 4.78 is 0. The van der Waals surface area contributed by atoms with E-state index in [1.165, 1.54) is 0 Å². The molecule has 1 saturated carbocycles. The molecule has 1 rings (SSSR count). The van der Waals surface area contributed by atoms with Gasteiger partial charge in [0.15, 0.2) is 0 Å². The van der Waals surface area contributed by atoms with Gasteiger partial charge in [-0.05, 0) is 31.6 Å². The molecule has 0 bridgehead atoms. The predicted octanol–water partition coefficient (Wildman–Crippen LogP) is 1.42. The Morgan fingerprint density at radius 3 is 2.40 bits per heavy atom. The zero-order valence-electron chi connectivity index (χ0n) is 6.43. The van der Waals surface area contributed by atoms with Crippen LogP contribution >= 0.6 is 0 Å². The van der Waals surface area contributed by atoms with Gasteiger partial charge in [-0.15, -0.1) is 0 Å². The van der Waals surface area contributed by atoms with Crippen molar-refractivity contribution in [1.29, 1.82) is 5.26 Å². The van der Waals surface area contributed by atoms with Gasteiger partial charge < -0.3 is 5.73 Å². The lowest BCUT2D eigenvalue weighted by atomic mass is 9.79. The summed E-state index contributed by atoms with van der Waals surface area (Å²) in [6.45, 7) is 2.22. The lowest BCUT2D eigenvalue weighted by Gasteiger charge is -2.29. The SMILES string of the molecule is C[C@H]1CC[C@@](N)(C#N)CC1. The van der Waals surface area contributed by atoms with Gasteiger partial charge in [-0.3, -0.25) is 0 Å². The molecule has 0 aromatic rings. The largest absolute Gasteiger partial charge is 0.313 e. The van der Waals surface area contributed by atoms with Gasteiger partial charge in [0.05, 0.1) is 6.07 Å². The molecule has 0 saturated heterocycles. The van der Waals surface area contributed by atoms with Gasteiger partial charge in [-0.2, -0.15) is 5.26 Å². The van der Waals surface area contributed by atoms with E-state index in [2.05, 4.69) is 13.0 Å². The first-order chi connectivity index (χ1) is 4.66. The summed E-state index contributed by atoms with van der Waals surface area (Å²) in [4.78, 5) is 0. The molecular weight excluding hydrogens is 124 g/mol. The van der Waals surface area contributed by atoms with E-state index in [4.69, 9.17) is 11.0 Å². The second kappa shape index (κ2) is 2.59. The maximum absolute atomic E-state index is 8.66. The van der Waals surface area contributed by atoms with Gasteiger partial charge in [0, 0.05) is 0 Å². The third-order valence-electron chi connectivity index (χ3n) is 2.39. The fraction of sp³-hybridized carbons (Fsp3) is 0.875. The molecule has 56 valence electrons. The maximum atomic E-state index is 8.66. The number of nitrogens with zero attached hydrogens (tertiary/aromatic N) is 1. The second-order valence-corrected chi connectivity index (χ2v) is 3.45. The van der Waals surface area contributed by atoms with Gasteiger partial charge in [0.2, 0.25) is 0 Å². The third-order valence-corrected chi connectivity index (χ3v) is 2.39. The highest BCUT2D eigenvalue weighted by Gasteiger charge is 2.29. The van der Waals surface area contributed by atoms with Gasteiger partial charge >= 0.3 is 0 Å². The summed E-state index contributed by atoms with van der Waals surface area (Å²) in [5.41, 5.74) is 5.27. The molecule has 0 spiro atoms. The molecule has 0 aliphatic heterocycles. The highest BCUT2D eigenvalue weighted by atomic mass is 14.7. The van der Waals surface area contributed by atoms with Crippen molar-refractivity contribution in [3.63, 3.8) is 0 Å². The van der Waals surface area contributed by atoms with Crippen LogP contribution < -0.4 is 5.73 Å². The van der Waals surface area contributed by atoms with Crippen LogP contribution in [-0.2, 0) is 0 Å². The summed E-state index contributed by atoms with van der Waals surface area (Å²) in [6, 6.07) is 2.18. The zero-order valence-corrected chi connectivity index (χ0v) is 6.43. The quantitative estimate of drug-likeness (QED) is 0.550. The zero-order chi connectivity index (χ0) is 7.61. The van der Waals surface area contributed by atoms with Crippen LogP contribution in [0.3, 0.4) is 0 Å². The second-order valence-electron chi connectivity index (χ2n) is 3.45. The highest BCUT2D eigenvalue weighted by Crippen LogP contribution is 2.29. The Hall–Kier alpha value is -0.550. The Morgan fingerprint density at radius 1 is 1.50 bits per heavy atom. The molecule has 2 N–H and O–H groups in total. The molecule has 0 unspecified atom stereocenters. The van der Waals surface area contributed by atoms with Crippen molar-refractivity contribution in [1.82, 2.24) is 0 Å². The van der Waals surface area contributed by atoms with Crippen LogP contribution in [-0.4, -0.2) is 5.54 Å². The molecule has 0 amide bonds. The van der Waals surface area contributed by atoms with Crippen LogP contribution in [0.5, 0.6) is 0 Å². The van der Waals surface area contributed by atoms with Crippen LogP contribution in [0.4, 0.5) is 0 Å². The fourth-order valence-electron chi connectivity index (χ4n) is 1.39. The maximum Gasteiger partial charge on any atom is 0.104 e. The van der Waals surface area contributed by atoms with E-state index >= 15 is 0 Å². The number of hydrogen-bond donors (Lipinski definition) is 1. The van der Waals surface area contributed by atoms with E-state index in [0.717, 1.165) is 31.6 Å². The number of nitrogens with two attached hydrogens (primary N) is 1. The molecule has 2 nitrogen and oxygen atoms in total. The Balaban J connectivity index is 2.48. The first-order valence-corrected chi connectivity index (χ1v) is 3.86. The van der Waals surface area contributed by atoms with Gasteiger partial charge in [-0.1, -0.05) is 6.92 Å². The average Bonchev–Trinajstić information content (AvgIpc) is 1.96. The molecule has 1 aliphatic rings. The first-order valence-electron chi connectivity index (χ1n) is 3.86. The van der Waals surface area contributed by atoms with Crippen molar-refractivity contribution < 1.29 is 0 Å². The van der Waals surface area contributed by atoms with Crippen molar-refractivity contribution >= 4 is 0 Å². The van der Waals surface area contributed by atoms with Gasteiger partial charge in [-0.25, -0.2) is 0 Å². The molecule has 0 aromatic carbocycles. The van der Waals surface area contributed by atoms with E-state index < -0.39 is 5.54 Å². The number of rotatable bonds is 0. The normalized spacial score (nSPS) is 40.7. The van der Waals surface area contributed by atoms with Crippen LogP contribution in [0.2, 0.25) is 0 Å². The Morgan fingerprint density at radius 2 is 2.00 bits per heavy atom. The topological polar surface area (TPSA) is 49.8 Å². The van der Waals surface area contributed by atoms with Crippen molar-refractivity contribution in [3.8, 4) is 6.07 Å². The van der Waals surface area contributed by atoms with Crippen molar-refractivity contribution in [3.05, 3.63) is 0 Å². The van der Waals surface area contributed by atoms with E-state index in [0.29, 0.717) is 0 Å². The highest BCUT2D eigenvalue weighted by molar-refractivity contribution is 5.06. The van der Waals surface area contributed by atoms with Crippen molar-refractivity contribution in [2.75, 3.05) is 0 Å². The lowest BCUT2D eigenvalue weighted by molar-refractivity contribution is 0.297.